The molecule has 0 aliphatic rings. The molecular formula is C25H45NO5. The van der Waals surface area contributed by atoms with Crippen LogP contribution in [-0.4, -0.2) is 66.0 Å². The van der Waals surface area contributed by atoms with Crippen LogP contribution in [0.25, 0.3) is 0 Å². The van der Waals surface area contributed by atoms with Gasteiger partial charge in [0.25, 0.3) is 0 Å². The molecule has 180 valence electrons. The molecule has 0 amide bonds. The quantitative estimate of drug-likeness (QED) is 0.255. The highest BCUT2D eigenvalue weighted by atomic mass is 16.6. The van der Waals surface area contributed by atoms with E-state index in [0.29, 0.717) is 66.0 Å². The summed E-state index contributed by atoms with van der Waals surface area (Å²) >= 11 is 0. The van der Waals surface area contributed by atoms with E-state index < -0.39 is 0 Å². The summed E-state index contributed by atoms with van der Waals surface area (Å²) in [5.74, 6) is 0.899. The minimum atomic E-state index is 0.541. The van der Waals surface area contributed by atoms with Crippen LogP contribution < -0.4 is 10.5 Å². The number of benzene rings is 1. The molecule has 0 bridgehead atoms. The van der Waals surface area contributed by atoms with Crippen molar-refractivity contribution in [2.24, 2.45) is 5.73 Å². The molecule has 6 nitrogen and oxygen atoms in total. The number of aryl methyl sites for hydroxylation is 1. The van der Waals surface area contributed by atoms with Gasteiger partial charge >= 0.3 is 0 Å². The predicted molar refractivity (Wildman–Crippen MR) is 126 cm³/mol. The van der Waals surface area contributed by atoms with Crippen molar-refractivity contribution in [3.63, 3.8) is 0 Å². The molecule has 0 atom stereocenters. The first-order chi connectivity index (χ1) is 15.4. The van der Waals surface area contributed by atoms with Crippen LogP contribution in [0, 0.1) is 0 Å². The minimum absolute atomic E-state index is 0.541. The van der Waals surface area contributed by atoms with E-state index in [-0.39, 0.29) is 0 Å². The molecule has 0 aromatic heterocycles. The van der Waals surface area contributed by atoms with Gasteiger partial charge in [0.15, 0.2) is 0 Å². The van der Waals surface area contributed by atoms with Gasteiger partial charge in [0.05, 0.1) is 52.9 Å². The monoisotopic (exact) mass is 439 g/mol. The molecule has 0 unspecified atom stereocenters. The molecule has 1 aromatic carbocycles. The zero-order valence-corrected chi connectivity index (χ0v) is 19.7. The summed E-state index contributed by atoms with van der Waals surface area (Å²) in [5, 5.41) is 0. The number of nitrogens with two attached hydrogens (primary N) is 1. The zero-order valence-electron chi connectivity index (χ0n) is 19.7. The smallest absolute Gasteiger partial charge is 0.119 e. The first kappa shape index (κ1) is 27.9. The van der Waals surface area contributed by atoms with Gasteiger partial charge in [0, 0.05) is 6.54 Å². The number of hydrogen-bond acceptors (Lipinski definition) is 6. The van der Waals surface area contributed by atoms with E-state index >= 15 is 0 Å². The molecule has 0 aliphatic carbocycles. The first-order valence-corrected chi connectivity index (χ1v) is 12.1. The molecule has 6 heteroatoms. The lowest BCUT2D eigenvalue weighted by atomic mass is 10.0. The second-order valence-corrected chi connectivity index (χ2v) is 7.60. The van der Waals surface area contributed by atoms with E-state index in [2.05, 4.69) is 31.2 Å². The molecule has 0 fully saturated rings. The van der Waals surface area contributed by atoms with Gasteiger partial charge in [0.2, 0.25) is 0 Å². The molecular weight excluding hydrogens is 394 g/mol. The van der Waals surface area contributed by atoms with Crippen molar-refractivity contribution < 1.29 is 23.7 Å². The molecule has 0 spiro atoms. The van der Waals surface area contributed by atoms with Crippen molar-refractivity contribution in [2.75, 3.05) is 66.0 Å². The molecule has 0 radical (unpaired) electrons. The normalized spacial score (nSPS) is 11.2. The van der Waals surface area contributed by atoms with Gasteiger partial charge in [-0.1, -0.05) is 57.6 Å². The summed E-state index contributed by atoms with van der Waals surface area (Å²) in [7, 11) is 0. The van der Waals surface area contributed by atoms with Crippen molar-refractivity contribution in [3.8, 4) is 5.75 Å². The summed E-state index contributed by atoms with van der Waals surface area (Å²) in [5.41, 5.74) is 6.72. The van der Waals surface area contributed by atoms with E-state index in [0.717, 1.165) is 12.2 Å². The van der Waals surface area contributed by atoms with Gasteiger partial charge in [-0.2, -0.15) is 0 Å². The van der Waals surface area contributed by atoms with Crippen LogP contribution in [0.5, 0.6) is 5.75 Å². The van der Waals surface area contributed by atoms with E-state index in [4.69, 9.17) is 29.4 Å². The Balaban J connectivity index is 1.87. The molecule has 1 aromatic rings. The Hall–Kier alpha value is -1.18. The van der Waals surface area contributed by atoms with Crippen LogP contribution in [0.2, 0.25) is 0 Å². The standard InChI is InChI=1S/C25H45NO5/c1-2-3-4-5-6-7-8-9-24-10-12-25(13-11-24)31-23-22-30-21-20-29-19-18-28-17-16-27-15-14-26/h10-13H,2-9,14-23,26H2,1H3. The lowest BCUT2D eigenvalue weighted by molar-refractivity contribution is -0.00386. The second-order valence-electron chi connectivity index (χ2n) is 7.60. The lowest BCUT2D eigenvalue weighted by Crippen LogP contribution is -2.15. The van der Waals surface area contributed by atoms with Crippen molar-refractivity contribution in [3.05, 3.63) is 29.8 Å². The lowest BCUT2D eigenvalue weighted by Gasteiger charge is -2.09. The summed E-state index contributed by atoms with van der Waals surface area (Å²) in [6, 6.07) is 8.46. The molecule has 0 aliphatic heterocycles. The fourth-order valence-corrected chi connectivity index (χ4v) is 3.10. The average molecular weight is 440 g/mol. The van der Waals surface area contributed by atoms with Gasteiger partial charge in [-0.3, -0.25) is 0 Å². The fourth-order valence-electron chi connectivity index (χ4n) is 3.10. The van der Waals surface area contributed by atoms with Gasteiger partial charge < -0.3 is 29.4 Å². The van der Waals surface area contributed by atoms with Crippen molar-refractivity contribution >= 4 is 0 Å². The Morgan fingerprint density at radius 3 is 1.61 bits per heavy atom. The van der Waals surface area contributed by atoms with Crippen molar-refractivity contribution in [1.29, 1.82) is 0 Å². The Labute approximate surface area is 189 Å². The van der Waals surface area contributed by atoms with E-state index in [1.54, 1.807) is 0 Å². The Kier molecular flexibility index (Phi) is 19.8. The van der Waals surface area contributed by atoms with Gasteiger partial charge in [-0.15, -0.1) is 0 Å². The Morgan fingerprint density at radius 1 is 0.581 bits per heavy atom. The third-order valence-corrected chi connectivity index (χ3v) is 4.87. The maximum absolute atomic E-state index is 5.74. The number of hydrogen-bond donors (Lipinski definition) is 1. The molecule has 31 heavy (non-hydrogen) atoms. The first-order valence-electron chi connectivity index (χ1n) is 12.1. The summed E-state index contributed by atoms with van der Waals surface area (Å²) < 4.78 is 27.3. The number of rotatable bonds is 23. The van der Waals surface area contributed by atoms with Gasteiger partial charge in [0.1, 0.15) is 12.4 Å². The third kappa shape index (κ3) is 18.1. The zero-order chi connectivity index (χ0) is 22.2. The van der Waals surface area contributed by atoms with Crippen LogP contribution in [0.3, 0.4) is 0 Å². The highest BCUT2D eigenvalue weighted by Crippen LogP contribution is 2.15. The summed E-state index contributed by atoms with van der Waals surface area (Å²) in [6.45, 7) is 7.85. The number of unbranched alkanes of at least 4 members (excludes halogenated alkanes) is 6. The molecule has 0 saturated heterocycles. The van der Waals surface area contributed by atoms with E-state index in [1.165, 1.54) is 50.5 Å². The highest BCUT2D eigenvalue weighted by Gasteiger charge is 1.98. The fraction of sp³-hybridized carbons (Fsp3) is 0.760. The van der Waals surface area contributed by atoms with E-state index in [9.17, 15) is 0 Å². The summed E-state index contributed by atoms with van der Waals surface area (Å²) in [4.78, 5) is 0. The Bertz CT molecular complexity index is 483. The van der Waals surface area contributed by atoms with Crippen LogP contribution >= 0.6 is 0 Å². The van der Waals surface area contributed by atoms with Crippen LogP contribution in [-0.2, 0) is 25.4 Å². The van der Waals surface area contributed by atoms with Gasteiger partial charge in [-0.05, 0) is 30.5 Å². The summed E-state index contributed by atoms with van der Waals surface area (Å²) in [6.07, 6.45) is 10.6. The Morgan fingerprint density at radius 2 is 1.06 bits per heavy atom. The van der Waals surface area contributed by atoms with E-state index in [1.807, 2.05) is 0 Å². The number of ether oxygens (including phenoxy) is 5. The largest absolute Gasteiger partial charge is 0.491 e. The molecule has 2 N–H and O–H groups in total. The third-order valence-electron chi connectivity index (χ3n) is 4.87. The van der Waals surface area contributed by atoms with Gasteiger partial charge in [-0.25, -0.2) is 0 Å². The highest BCUT2D eigenvalue weighted by molar-refractivity contribution is 5.27. The second kappa shape index (κ2) is 22.0. The van der Waals surface area contributed by atoms with Crippen LogP contribution in [0.1, 0.15) is 57.4 Å². The average Bonchev–Trinajstić information content (AvgIpc) is 2.79. The maximum atomic E-state index is 5.74. The molecule has 1 rings (SSSR count). The molecule has 0 saturated carbocycles. The predicted octanol–water partition coefficient (Wildman–Crippen LogP) is 4.38. The maximum Gasteiger partial charge on any atom is 0.119 e. The SMILES string of the molecule is CCCCCCCCCc1ccc(OCCOCCOCCOCCOCCN)cc1. The minimum Gasteiger partial charge on any atom is -0.491 e. The van der Waals surface area contributed by atoms with Crippen LogP contribution in [0.15, 0.2) is 24.3 Å². The topological polar surface area (TPSA) is 72.2 Å². The van der Waals surface area contributed by atoms with Crippen LogP contribution in [0.4, 0.5) is 0 Å². The molecule has 0 heterocycles. The van der Waals surface area contributed by atoms with Crippen molar-refractivity contribution in [2.45, 2.75) is 58.3 Å². The van der Waals surface area contributed by atoms with Crippen molar-refractivity contribution in [1.82, 2.24) is 0 Å².